The predicted molar refractivity (Wildman–Crippen MR) is 114 cm³/mol. The second kappa shape index (κ2) is 9.54. The van der Waals surface area contributed by atoms with Gasteiger partial charge in [0.15, 0.2) is 0 Å². The molecule has 0 radical (unpaired) electrons. The number of carbonyl (C=O) groups is 1. The van der Waals surface area contributed by atoms with E-state index in [0.29, 0.717) is 36.0 Å². The number of sulfonamides is 1. The number of ether oxygens (including phenoxy) is 1. The molecule has 2 rings (SSSR count). The van der Waals surface area contributed by atoms with Gasteiger partial charge in [-0.2, -0.15) is 4.31 Å². The summed E-state index contributed by atoms with van der Waals surface area (Å²) >= 11 is 1.45. The van der Waals surface area contributed by atoms with E-state index in [4.69, 9.17) is 4.74 Å². The van der Waals surface area contributed by atoms with Gasteiger partial charge >= 0.3 is 0 Å². The molecule has 154 valence electrons. The molecule has 0 aliphatic rings. The topological polar surface area (TPSA) is 75.7 Å². The van der Waals surface area contributed by atoms with Crippen LogP contribution in [-0.2, 0) is 16.4 Å². The molecule has 0 saturated heterocycles. The van der Waals surface area contributed by atoms with E-state index in [9.17, 15) is 13.2 Å². The van der Waals surface area contributed by atoms with Gasteiger partial charge in [0.1, 0.15) is 5.75 Å². The van der Waals surface area contributed by atoms with Gasteiger partial charge in [-0.05, 0) is 50.1 Å². The van der Waals surface area contributed by atoms with E-state index in [2.05, 4.69) is 12.2 Å². The number of nitrogens with zero attached hydrogens (tertiary/aromatic N) is 1. The molecule has 0 aliphatic carbocycles. The Labute approximate surface area is 171 Å². The maximum absolute atomic E-state index is 12.8. The van der Waals surface area contributed by atoms with E-state index in [-0.39, 0.29) is 10.8 Å². The summed E-state index contributed by atoms with van der Waals surface area (Å²) in [6.07, 6.45) is 0.867. The van der Waals surface area contributed by atoms with Crippen LogP contribution in [0.3, 0.4) is 0 Å². The van der Waals surface area contributed by atoms with Gasteiger partial charge in [-0.25, -0.2) is 8.42 Å². The molecule has 1 amide bonds. The number of rotatable bonds is 9. The third kappa shape index (κ3) is 4.74. The smallest absolute Gasteiger partial charge is 0.265 e. The van der Waals surface area contributed by atoms with Crippen molar-refractivity contribution in [1.82, 2.24) is 4.31 Å². The fourth-order valence-electron chi connectivity index (χ4n) is 2.93. The number of carbonyl (C=O) groups excluding carboxylic acids is 1. The van der Waals surface area contributed by atoms with Crippen molar-refractivity contribution in [3.8, 4) is 5.75 Å². The molecule has 0 atom stereocenters. The third-order valence-corrected chi connectivity index (χ3v) is 7.83. The maximum Gasteiger partial charge on any atom is 0.265 e. The average Bonchev–Trinajstić information content (AvgIpc) is 3.05. The highest BCUT2D eigenvalue weighted by Crippen LogP contribution is 2.31. The molecule has 8 heteroatoms. The zero-order valence-corrected chi connectivity index (χ0v) is 18.7. The van der Waals surface area contributed by atoms with Crippen LogP contribution in [0.5, 0.6) is 5.75 Å². The standard InChI is InChI=1S/C20H28N2O4S2/c1-6-18-14(5)12-19(27-18)20(23)21-16-13-15(10-11-17(16)26-9-4)28(24,25)22(7-2)8-3/h10-13H,6-9H2,1-5H3,(H,21,23). The number of aryl methyl sites for hydroxylation is 2. The Morgan fingerprint density at radius 1 is 1.14 bits per heavy atom. The second-order valence-corrected chi connectivity index (χ2v) is 9.28. The first-order valence-corrected chi connectivity index (χ1v) is 11.7. The van der Waals surface area contributed by atoms with E-state index in [1.165, 1.54) is 27.8 Å². The van der Waals surface area contributed by atoms with E-state index in [1.807, 2.05) is 19.9 Å². The molecule has 0 fully saturated rings. The van der Waals surface area contributed by atoms with Crippen LogP contribution < -0.4 is 10.1 Å². The zero-order valence-electron chi connectivity index (χ0n) is 17.0. The molecular weight excluding hydrogens is 396 g/mol. The molecule has 0 bridgehead atoms. The first-order chi connectivity index (χ1) is 13.3. The van der Waals surface area contributed by atoms with Gasteiger partial charge in [0, 0.05) is 18.0 Å². The lowest BCUT2D eigenvalue weighted by Gasteiger charge is -2.20. The molecule has 6 nitrogen and oxygen atoms in total. The highest BCUT2D eigenvalue weighted by atomic mass is 32.2. The van der Waals surface area contributed by atoms with Crippen molar-refractivity contribution in [3.05, 3.63) is 39.6 Å². The number of hydrogen-bond donors (Lipinski definition) is 1. The van der Waals surface area contributed by atoms with E-state index in [0.717, 1.165) is 16.9 Å². The molecule has 1 aromatic carbocycles. The molecule has 1 N–H and O–H groups in total. The maximum atomic E-state index is 12.8. The Kier molecular flexibility index (Phi) is 7.63. The van der Waals surface area contributed by atoms with Crippen LogP contribution in [0.15, 0.2) is 29.2 Å². The zero-order chi connectivity index (χ0) is 20.9. The van der Waals surface area contributed by atoms with Crippen LogP contribution in [0, 0.1) is 6.92 Å². The van der Waals surface area contributed by atoms with Crippen molar-refractivity contribution in [2.75, 3.05) is 25.0 Å². The predicted octanol–water partition coefficient (Wildman–Crippen LogP) is 4.30. The van der Waals surface area contributed by atoms with Gasteiger partial charge in [-0.15, -0.1) is 11.3 Å². The van der Waals surface area contributed by atoms with Gasteiger partial charge in [-0.1, -0.05) is 20.8 Å². The molecule has 0 spiro atoms. The summed E-state index contributed by atoms with van der Waals surface area (Å²) in [4.78, 5) is 14.6. The number of thiophene rings is 1. The van der Waals surface area contributed by atoms with Crippen LogP contribution in [0.1, 0.15) is 47.8 Å². The average molecular weight is 425 g/mol. The Hall–Kier alpha value is -1.90. The van der Waals surface area contributed by atoms with Crippen LogP contribution in [0.2, 0.25) is 0 Å². The van der Waals surface area contributed by atoms with E-state index in [1.54, 1.807) is 19.9 Å². The van der Waals surface area contributed by atoms with E-state index < -0.39 is 10.0 Å². The first kappa shape index (κ1) is 22.4. The minimum absolute atomic E-state index is 0.131. The van der Waals surface area contributed by atoms with Crippen LogP contribution in [0.25, 0.3) is 0 Å². The fraction of sp³-hybridized carbons (Fsp3) is 0.450. The quantitative estimate of drug-likeness (QED) is 0.651. The van der Waals surface area contributed by atoms with Crippen LogP contribution >= 0.6 is 11.3 Å². The number of anilines is 1. The number of nitrogens with one attached hydrogen (secondary N) is 1. The van der Waals surface area contributed by atoms with Gasteiger partial charge in [0.25, 0.3) is 5.91 Å². The molecule has 0 saturated carbocycles. The third-order valence-electron chi connectivity index (χ3n) is 4.41. The Balaban J connectivity index is 2.41. The largest absolute Gasteiger partial charge is 0.492 e. The molecular formula is C20H28N2O4S2. The highest BCUT2D eigenvalue weighted by molar-refractivity contribution is 7.89. The van der Waals surface area contributed by atoms with Gasteiger partial charge < -0.3 is 10.1 Å². The van der Waals surface area contributed by atoms with Crippen LogP contribution in [0.4, 0.5) is 5.69 Å². The minimum atomic E-state index is -3.63. The van der Waals surface area contributed by atoms with Crippen molar-refractivity contribution in [3.63, 3.8) is 0 Å². The Bertz CT molecular complexity index is 932. The van der Waals surface area contributed by atoms with Crippen LogP contribution in [-0.4, -0.2) is 38.3 Å². The molecule has 2 aromatic rings. The summed E-state index contributed by atoms with van der Waals surface area (Å²) in [6, 6.07) is 6.43. The summed E-state index contributed by atoms with van der Waals surface area (Å²) in [6.45, 7) is 10.6. The molecule has 1 heterocycles. The fourth-order valence-corrected chi connectivity index (χ4v) is 5.42. The number of hydrogen-bond acceptors (Lipinski definition) is 5. The lowest BCUT2D eigenvalue weighted by Crippen LogP contribution is -2.30. The minimum Gasteiger partial charge on any atom is -0.492 e. The molecule has 0 aliphatic heterocycles. The number of amides is 1. The highest BCUT2D eigenvalue weighted by Gasteiger charge is 2.24. The molecule has 28 heavy (non-hydrogen) atoms. The normalized spacial score (nSPS) is 11.6. The van der Waals surface area contributed by atoms with E-state index >= 15 is 0 Å². The number of benzene rings is 1. The lowest BCUT2D eigenvalue weighted by atomic mass is 10.2. The summed E-state index contributed by atoms with van der Waals surface area (Å²) in [5.74, 6) is 0.171. The monoisotopic (exact) mass is 424 g/mol. The molecule has 0 unspecified atom stereocenters. The lowest BCUT2D eigenvalue weighted by molar-refractivity contribution is 0.103. The Morgan fingerprint density at radius 2 is 1.82 bits per heavy atom. The van der Waals surface area contributed by atoms with Crippen molar-refractivity contribution < 1.29 is 17.9 Å². The van der Waals surface area contributed by atoms with Gasteiger partial charge in [0.05, 0.1) is 22.1 Å². The summed E-state index contributed by atoms with van der Waals surface area (Å²) < 4.78 is 32.6. The van der Waals surface area contributed by atoms with Crippen molar-refractivity contribution >= 4 is 33.0 Å². The summed E-state index contributed by atoms with van der Waals surface area (Å²) in [7, 11) is -3.63. The summed E-state index contributed by atoms with van der Waals surface area (Å²) in [5.41, 5.74) is 1.43. The second-order valence-electron chi connectivity index (χ2n) is 6.20. The van der Waals surface area contributed by atoms with Gasteiger partial charge in [-0.3, -0.25) is 4.79 Å². The summed E-state index contributed by atoms with van der Waals surface area (Å²) in [5, 5.41) is 2.83. The van der Waals surface area contributed by atoms with Crippen molar-refractivity contribution in [1.29, 1.82) is 0 Å². The Morgan fingerprint density at radius 3 is 2.36 bits per heavy atom. The van der Waals surface area contributed by atoms with Gasteiger partial charge in [0.2, 0.25) is 10.0 Å². The SMILES string of the molecule is CCOc1ccc(S(=O)(=O)N(CC)CC)cc1NC(=O)c1cc(C)c(CC)s1. The first-order valence-electron chi connectivity index (χ1n) is 9.46. The molecule has 1 aromatic heterocycles. The van der Waals surface area contributed by atoms with Crippen molar-refractivity contribution in [2.24, 2.45) is 0 Å². The van der Waals surface area contributed by atoms with Crippen molar-refractivity contribution in [2.45, 2.75) is 45.9 Å².